The lowest BCUT2D eigenvalue weighted by atomic mass is 9.99. The molecule has 0 amide bonds. The molecule has 0 heterocycles. The van der Waals surface area contributed by atoms with E-state index in [1.807, 2.05) is 42.5 Å². The average Bonchev–Trinajstić information content (AvgIpc) is 2.45. The maximum Gasteiger partial charge on any atom is 0.336 e. The fraction of sp³-hybridized carbons (Fsp3) is 0.267. The van der Waals surface area contributed by atoms with Crippen molar-refractivity contribution in [2.45, 2.75) is 18.6 Å². The first kappa shape index (κ1) is 13.5. The number of aliphatic hydroxyl groups excluding tert-OH is 1. The zero-order chi connectivity index (χ0) is 13.8. The van der Waals surface area contributed by atoms with Gasteiger partial charge in [0.05, 0.1) is 7.11 Å². The number of aliphatic hydroxyl groups is 1. The van der Waals surface area contributed by atoms with Gasteiger partial charge in [0.15, 0.2) is 6.10 Å². The summed E-state index contributed by atoms with van der Waals surface area (Å²) in [6, 6.07) is 13.3. The predicted octanol–water partition coefficient (Wildman–Crippen LogP) is 1.24. The Morgan fingerprint density at radius 1 is 1.26 bits per heavy atom. The van der Waals surface area contributed by atoms with Gasteiger partial charge in [-0.2, -0.15) is 0 Å². The first-order valence-electron chi connectivity index (χ1n) is 6.11. The van der Waals surface area contributed by atoms with Gasteiger partial charge in [0.1, 0.15) is 0 Å². The number of hydrogen-bond acceptors (Lipinski definition) is 4. The minimum Gasteiger partial charge on any atom is -0.467 e. The minimum absolute atomic E-state index is 0.418. The highest BCUT2D eigenvalue weighted by Gasteiger charge is 2.23. The van der Waals surface area contributed by atoms with Crippen LogP contribution in [0.2, 0.25) is 0 Å². The SMILES string of the molecule is COC(=O)C(O)[C@H](N)Cc1ccc2ccccc2c1. The van der Waals surface area contributed by atoms with Crippen LogP contribution in [0.5, 0.6) is 0 Å². The zero-order valence-electron chi connectivity index (χ0n) is 10.7. The van der Waals surface area contributed by atoms with Crippen LogP contribution in [0, 0.1) is 0 Å². The van der Waals surface area contributed by atoms with E-state index in [0.29, 0.717) is 6.42 Å². The van der Waals surface area contributed by atoms with Gasteiger partial charge >= 0.3 is 5.97 Å². The second kappa shape index (κ2) is 5.82. The van der Waals surface area contributed by atoms with Gasteiger partial charge in [-0.05, 0) is 22.8 Å². The third-order valence-corrected chi connectivity index (χ3v) is 3.13. The first-order chi connectivity index (χ1) is 9.11. The highest BCUT2D eigenvalue weighted by molar-refractivity contribution is 5.83. The molecule has 2 atom stereocenters. The van der Waals surface area contributed by atoms with Crippen molar-refractivity contribution in [2.24, 2.45) is 5.73 Å². The standard InChI is InChI=1S/C15H17NO3/c1-19-15(18)14(17)13(16)9-10-6-7-11-4-2-3-5-12(11)8-10/h2-8,13-14,17H,9,16H2,1H3/t13-,14?/m1/s1. The Morgan fingerprint density at radius 3 is 2.63 bits per heavy atom. The van der Waals surface area contributed by atoms with Crippen LogP contribution in [0.4, 0.5) is 0 Å². The summed E-state index contributed by atoms with van der Waals surface area (Å²) in [4.78, 5) is 11.2. The lowest BCUT2D eigenvalue weighted by molar-refractivity contribution is -0.151. The summed E-state index contributed by atoms with van der Waals surface area (Å²) in [5.41, 5.74) is 6.80. The molecule has 2 aromatic rings. The van der Waals surface area contributed by atoms with Gasteiger partial charge in [0, 0.05) is 6.04 Å². The molecule has 2 aromatic carbocycles. The molecule has 0 aliphatic rings. The molecule has 0 saturated carbocycles. The number of nitrogens with two attached hydrogens (primary N) is 1. The molecule has 0 aliphatic carbocycles. The van der Waals surface area contributed by atoms with Crippen molar-refractivity contribution in [3.63, 3.8) is 0 Å². The molecule has 4 heteroatoms. The maximum absolute atomic E-state index is 11.2. The van der Waals surface area contributed by atoms with E-state index in [1.165, 1.54) is 7.11 Å². The number of fused-ring (bicyclic) bond motifs is 1. The Bertz CT molecular complexity index is 582. The molecule has 19 heavy (non-hydrogen) atoms. The van der Waals surface area contributed by atoms with E-state index < -0.39 is 18.1 Å². The number of carbonyl (C=O) groups excluding carboxylic acids is 1. The van der Waals surface area contributed by atoms with Crippen molar-refractivity contribution in [3.05, 3.63) is 48.0 Å². The van der Waals surface area contributed by atoms with E-state index in [1.54, 1.807) is 0 Å². The summed E-state index contributed by atoms with van der Waals surface area (Å²) in [5.74, 6) is -0.701. The summed E-state index contributed by atoms with van der Waals surface area (Å²) in [6.45, 7) is 0. The molecule has 0 aliphatic heterocycles. The molecule has 0 saturated heterocycles. The molecular formula is C15H17NO3. The van der Waals surface area contributed by atoms with Crippen LogP contribution < -0.4 is 5.73 Å². The smallest absolute Gasteiger partial charge is 0.336 e. The van der Waals surface area contributed by atoms with Crippen molar-refractivity contribution < 1.29 is 14.6 Å². The van der Waals surface area contributed by atoms with Crippen molar-refractivity contribution >= 4 is 16.7 Å². The number of rotatable bonds is 4. The molecule has 1 unspecified atom stereocenters. The number of methoxy groups -OCH3 is 1. The molecular weight excluding hydrogens is 242 g/mol. The quantitative estimate of drug-likeness (QED) is 0.810. The van der Waals surface area contributed by atoms with Gasteiger partial charge in [-0.25, -0.2) is 4.79 Å². The first-order valence-corrected chi connectivity index (χ1v) is 6.11. The van der Waals surface area contributed by atoms with Crippen LogP contribution in [-0.2, 0) is 16.0 Å². The molecule has 0 fully saturated rings. The summed E-state index contributed by atoms with van der Waals surface area (Å²) in [6.07, 6.45) is -0.877. The van der Waals surface area contributed by atoms with Gasteiger partial charge in [-0.3, -0.25) is 0 Å². The highest BCUT2D eigenvalue weighted by Crippen LogP contribution is 2.17. The Hall–Kier alpha value is -1.91. The van der Waals surface area contributed by atoms with Crippen LogP contribution in [0.3, 0.4) is 0 Å². The largest absolute Gasteiger partial charge is 0.467 e. The van der Waals surface area contributed by atoms with Crippen LogP contribution >= 0.6 is 0 Å². The van der Waals surface area contributed by atoms with Gasteiger partial charge in [0.25, 0.3) is 0 Å². The molecule has 0 radical (unpaired) electrons. The second-order valence-corrected chi connectivity index (χ2v) is 4.52. The summed E-state index contributed by atoms with van der Waals surface area (Å²) >= 11 is 0. The minimum atomic E-state index is -1.29. The highest BCUT2D eigenvalue weighted by atomic mass is 16.5. The summed E-state index contributed by atoms with van der Waals surface area (Å²) < 4.78 is 4.47. The number of carbonyl (C=O) groups is 1. The molecule has 4 nitrogen and oxygen atoms in total. The number of benzene rings is 2. The summed E-state index contributed by atoms with van der Waals surface area (Å²) in [7, 11) is 1.23. The van der Waals surface area contributed by atoms with Crippen molar-refractivity contribution in [2.75, 3.05) is 7.11 Å². The fourth-order valence-electron chi connectivity index (χ4n) is 2.05. The zero-order valence-corrected chi connectivity index (χ0v) is 10.7. The molecule has 3 N–H and O–H groups in total. The lowest BCUT2D eigenvalue weighted by Crippen LogP contribution is -2.42. The van der Waals surface area contributed by atoms with Crippen LogP contribution in [0.25, 0.3) is 10.8 Å². The Balaban J connectivity index is 2.14. The number of hydrogen-bond donors (Lipinski definition) is 2. The Kier molecular flexibility index (Phi) is 4.14. The summed E-state index contributed by atoms with van der Waals surface area (Å²) in [5, 5.41) is 11.9. The van der Waals surface area contributed by atoms with E-state index in [9.17, 15) is 9.90 Å². The van der Waals surface area contributed by atoms with E-state index >= 15 is 0 Å². The van der Waals surface area contributed by atoms with Gasteiger partial charge in [-0.1, -0.05) is 42.5 Å². The van der Waals surface area contributed by atoms with Crippen molar-refractivity contribution in [1.29, 1.82) is 0 Å². The van der Waals surface area contributed by atoms with Gasteiger partial charge in [-0.15, -0.1) is 0 Å². The maximum atomic E-state index is 11.2. The number of esters is 1. The molecule has 0 bridgehead atoms. The van der Waals surface area contributed by atoms with Crippen LogP contribution in [-0.4, -0.2) is 30.3 Å². The Labute approximate surface area is 111 Å². The molecule has 0 spiro atoms. The van der Waals surface area contributed by atoms with Crippen LogP contribution in [0.1, 0.15) is 5.56 Å². The normalized spacial score (nSPS) is 14.1. The predicted molar refractivity (Wildman–Crippen MR) is 73.7 cm³/mol. The van der Waals surface area contributed by atoms with E-state index in [2.05, 4.69) is 4.74 Å². The topological polar surface area (TPSA) is 72.5 Å². The van der Waals surface area contributed by atoms with Crippen molar-refractivity contribution in [3.8, 4) is 0 Å². The molecule has 100 valence electrons. The van der Waals surface area contributed by atoms with E-state index in [0.717, 1.165) is 16.3 Å². The van der Waals surface area contributed by atoms with E-state index in [-0.39, 0.29) is 0 Å². The fourth-order valence-corrected chi connectivity index (χ4v) is 2.05. The number of ether oxygens (including phenoxy) is 1. The molecule has 0 aromatic heterocycles. The second-order valence-electron chi connectivity index (χ2n) is 4.52. The van der Waals surface area contributed by atoms with Gasteiger partial charge in [0.2, 0.25) is 0 Å². The van der Waals surface area contributed by atoms with Crippen LogP contribution in [0.15, 0.2) is 42.5 Å². The third kappa shape index (κ3) is 3.10. The Morgan fingerprint density at radius 2 is 1.95 bits per heavy atom. The monoisotopic (exact) mass is 259 g/mol. The lowest BCUT2D eigenvalue weighted by Gasteiger charge is -2.16. The van der Waals surface area contributed by atoms with Gasteiger partial charge < -0.3 is 15.6 Å². The van der Waals surface area contributed by atoms with Crippen molar-refractivity contribution in [1.82, 2.24) is 0 Å². The van der Waals surface area contributed by atoms with E-state index in [4.69, 9.17) is 5.73 Å². The third-order valence-electron chi connectivity index (χ3n) is 3.13. The average molecular weight is 259 g/mol. The molecule has 2 rings (SSSR count).